The molecule has 0 saturated heterocycles. The standard InChI is InChI=1S/C11H10Cl2N2O2/c1-6-9-8(3-2-7(12)10(9)13)14-11(17)15(6)4-5-16/h2-3,5-6H,4H2,1H3,(H,14,17). The Balaban J connectivity index is 2.51. The minimum absolute atomic E-state index is 0.0231. The quantitative estimate of drug-likeness (QED) is 0.842. The Bertz CT molecular complexity index is 491. The lowest BCUT2D eigenvalue weighted by atomic mass is 10.0. The average molecular weight is 273 g/mol. The van der Waals surface area contributed by atoms with Crippen molar-refractivity contribution in [1.82, 2.24) is 4.90 Å². The van der Waals surface area contributed by atoms with Crippen LogP contribution in [-0.4, -0.2) is 23.8 Å². The van der Waals surface area contributed by atoms with E-state index in [1.165, 1.54) is 4.90 Å². The molecule has 1 N–H and O–H groups in total. The zero-order valence-electron chi connectivity index (χ0n) is 9.04. The van der Waals surface area contributed by atoms with Gasteiger partial charge in [0.15, 0.2) is 0 Å². The van der Waals surface area contributed by atoms with E-state index in [0.717, 1.165) is 5.56 Å². The predicted octanol–water partition coefficient (Wildman–Crippen LogP) is 3.10. The summed E-state index contributed by atoms with van der Waals surface area (Å²) >= 11 is 12.1. The van der Waals surface area contributed by atoms with Gasteiger partial charge in [0, 0.05) is 11.3 Å². The fourth-order valence-electron chi connectivity index (χ4n) is 1.92. The van der Waals surface area contributed by atoms with Crippen LogP contribution in [0.25, 0.3) is 0 Å². The first-order valence-corrected chi connectivity index (χ1v) is 5.81. The van der Waals surface area contributed by atoms with E-state index in [9.17, 15) is 9.59 Å². The van der Waals surface area contributed by atoms with Crippen molar-refractivity contribution < 1.29 is 9.59 Å². The lowest BCUT2D eigenvalue weighted by Crippen LogP contribution is -2.42. The highest BCUT2D eigenvalue weighted by atomic mass is 35.5. The van der Waals surface area contributed by atoms with Crippen LogP contribution in [0.3, 0.4) is 0 Å². The molecule has 0 spiro atoms. The Morgan fingerprint density at radius 1 is 1.47 bits per heavy atom. The maximum atomic E-state index is 11.7. The van der Waals surface area contributed by atoms with E-state index in [1.54, 1.807) is 12.1 Å². The summed E-state index contributed by atoms with van der Waals surface area (Å²) in [7, 11) is 0. The molecule has 1 atom stereocenters. The second kappa shape index (κ2) is 4.55. The summed E-state index contributed by atoms with van der Waals surface area (Å²) in [5.41, 5.74) is 1.37. The molecule has 90 valence electrons. The number of amides is 2. The summed E-state index contributed by atoms with van der Waals surface area (Å²) in [6, 6.07) is 2.74. The van der Waals surface area contributed by atoms with E-state index in [-0.39, 0.29) is 18.6 Å². The molecule has 1 heterocycles. The molecule has 6 heteroatoms. The van der Waals surface area contributed by atoms with Crippen molar-refractivity contribution in [2.75, 3.05) is 11.9 Å². The maximum Gasteiger partial charge on any atom is 0.322 e. The van der Waals surface area contributed by atoms with Gasteiger partial charge in [0.05, 0.1) is 22.6 Å². The number of nitrogens with zero attached hydrogens (tertiary/aromatic N) is 1. The molecule has 17 heavy (non-hydrogen) atoms. The molecule has 0 saturated carbocycles. The molecule has 2 amide bonds. The molecule has 0 fully saturated rings. The van der Waals surface area contributed by atoms with E-state index in [2.05, 4.69) is 5.32 Å². The fourth-order valence-corrected chi connectivity index (χ4v) is 2.41. The fraction of sp³-hybridized carbons (Fsp3) is 0.273. The van der Waals surface area contributed by atoms with Crippen molar-refractivity contribution in [2.24, 2.45) is 0 Å². The summed E-state index contributed by atoms with van der Waals surface area (Å²) in [4.78, 5) is 23.7. The number of aldehydes is 1. The molecule has 1 unspecified atom stereocenters. The molecule has 4 nitrogen and oxygen atoms in total. The molecule has 1 aliphatic heterocycles. The number of carbonyl (C=O) groups excluding carboxylic acids is 2. The summed E-state index contributed by atoms with van der Waals surface area (Å²) < 4.78 is 0. The molecule has 0 aliphatic carbocycles. The van der Waals surface area contributed by atoms with Crippen LogP contribution in [0.5, 0.6) is 0 Å². The number of fused-ring (bicyclic) bond motifs is 1. The van der Waals surface area contributed by atoms with Crippen molar-refractivity contribution in [3.05, 3.63) is 27.7 Å². The van der Waals surface area contributed by atoms with Gasteiger partial charge in [0.25, 0.3) is 0 Å². The minimum Gasteiger partial charge on any atom is -0.311 e. The third-order valence-electron chi connectivity index (χ3n) is 2.79. The molecule has 1 aromatic rings. The highest BCUT2D eigenvalue weighted by molar-refractivity contribution is 6.43. The summed E-state index contributed by atoms with van der Waals surface area (Å²) in [6.07, 6.45) is 0.680. The number of benzene rings is 1. The maximum absolute atomic E-state index is 11.7. The molecule has 0 aromatic heterocycles. The van der Waals surface area contributed by atoms with Crippen LogP contribution in [-0.2, 0) is 4.79 Å². The van der Waals surface area contributed by atoms with E-state index in [0.29, 0.717) is 22.0 Å². The van der Waals surface area contributed by atoms with Crippen LogP contribution in [0.2, 0.25) is 10.0 Å². The van der Waals surface area contributed by atoms with Gasteiger partial charge < -0.3 is 15.0 Å². The smallest absolute Gasteiger partial charge is 0.311 e. The van der Waals surface area contributed by atoms with Crippen molar-refractivity contribution >= 4 is 41.2 Å². The van der Waals surface area contributed by atoms with Gasteiger partial charge in [-0.1, -0.05) is 23.2 Å². The van der Waals surface area contributed by atoms with Crippen LogP contribution in [0.15, 0.2) is 12.1 Å². The highest BCUT2D eigenvalue weighted by Gasteiger charge is 2.31. The van der Waals surface area contributed by atoms with Gasteiger partial charge in [-0.15, -0.1) is 0 Å². The van der Waals surface area contributed by atoms with Crippen LogP contribution in [0, 0.1) is 0 Å². The summed E-state index contributed by atoms with van der Waals surface area (Å²) in [5.74, 6) is 0. The SMILES string of the molecule is CC1c2c(ccc(Cl)c2Cl)NC(=O)N1CC=O. The molecule has 0 radical (unpaired) electrons. The predicted molar refractivity (Wildman–Crippen MR) is 66.7 cm³/mol. The minimum atomic E-state index is -0.310. The van der Waals surface area contributed by atoms with Crippen molar-refractivity contribution in [1.29, 1.82) is 0 Å². The van der Waals surface area contributed by atoms with Gasteiger partial charge in [-0.25, -0.2) is 4.79 Å². The number of halogens is 2. The number of nitrogens with one attached hydrogen (secondary N) is 1. The Morgan fingerprint density at radius 2 is 2.18 bits per heavy atom. The van der Waals surface area contributed by atoms with Crippen molar-refractivity contribution in [2.45, 2.75) is 13.0 Å². The number of rotatable bonds is 2. The van der Waals surface area contributed by atoms with E-state index >= 15 is 0 Å². The summed E-state index contributed by atoms with van der Waals surface area (Å²) in [5, 5.41) is 3.52. The normalized spacial score (nSPS) is 18.6. The Morgan fingerprint density at radius 3 is 2.82 bits per heavy atom. The van der Waals surface area contributed by atoms with Gasteiger partial charge in [0.1, 0.15) is 6.29 Å². The number of hydrogen-bond donors (Lipinski definition) is 1. The molecular weight excluding hydrogens is 263 g/mol. The number of hydrogen-bond acceptors (Lipinski definition) is 2. The van der Waals surface area contributed by atoms with Crippen LogP contribution < -0.4 is 5.32 Å². The van der Waals surface area contributed by atoms with E-state index < -0.39 is 0 Å². The number of urea groups is 1. The van der Waals surface area contributed by atoms with Gasteiger partial charge in [-0.05, 0) is 19.1 Å². The molecule has 2 rings (SSSR count). The van der Waals surface area contributed by atoms with Crippen molar-refractivity contribution in [3.63, 3.8) is 0 Å². The lowest BCUT2D eigenvalue weighted by molar-refractivity contribution is -0.108. The first-order valence-electron chi connectivity index (χ1n) is 5.05. The van der Waals surface area contributed by atoms with Crippen LogP contribution >= 0.6 is 23.2 Å². The number of carbonyl (C=O) groups is 2. The lowest BCUT2D eigenvalue weighted by Gasteiger charge is -2.34. The average Bonchev–Trinajstić information content (AvgIpc) is 2.29. The van der Waals surface area contributed by atoms with Gasteiger partial charge >= 0.3 is 6.03 Å². The van der Waals surface area contributed by atoms with E-state index in [1.807, 2.05) is 6.92 Å². The Hall–Kier alpha value is -1.26. The molecule has 0 bridgehead atoms. The second-order valence-corrected chi connectivity index (χ2v) is 4.53. The first-order chi connectivity index (χ1) is 8.06. The van der Waals surface area contributed by atoms with Crippen molar-refractivity contribution in [3.8, 4) is 0 Å². The van der Waals surface area contributed by atoms with Gasteiger partial charge in [-0.2, -0.15) is 0 Å². The topological polar surface area (TPSA) is 49.4 Å². The van der Waals surface area contributed by atoms with E-state index in [4.69, 9.17) is 23.2 Å². The highest BCUT2D eigenvalue weighted by Crippen LogP contribution is 2.40. The van der Waals surface area contributed by atoms with Crippen LogP contribution in [0.1, 0.15) is 18.5 Å². The van der Waals surface area contributed by atoms with Gasteiger partial charge in [0.2, 0.25) is 0 Å². The third-order valence-corrected chi connectivity index (χ3v) is 3.61. The first kappa shape index (κ1) is 12.2. The monoisotopic (exact) mass is 272 g/mol. The molecule has 1 aromatic carbocycles. The summed E-state index contributed by atoms with van der Waals surface area (Å²) in [6.45, 7) is 1.83. The largest absolute Gasteiger partial charge is 0.322 e. The zero-order valence-corrected chi connectivity index (χ0v) is 10.5. The second-order valence-electron chi connectivity index (χ2n) is 3.75. The molecular formula is C11H10Cl2N2O2. The Kier molecular flexibility index (Phi) is 3.26. The molecule has 1 aliphatic rings. The van der Waals surface area contributed by atoms with Gasteiger partial charge in [-0.3, -0.25) is 0 Å². The third kappa shape index (κ3) is 1.98. The number of anilines is 1. The van der Waals surface area contributed by atoms with Crippen LogP contribution in [0.4, 0.5) is 10.5 Å². The zero-order chi connectivity index (χ0) is 12.6. The Labute approximate surface area is 108 Å².